The molecule has 0 atom stereocenters. The Hall–Kier alpha value is -4.62. The van der Waals surface area contributed by atoms with E-state index in [1.165, 1.54) is 33.9 Å². The molecule has 0 unspecified atom stereocenters. The van der Waals surface area contributed by atoms with Crippen molar-refractivity contribution < 1.29 is 29.7 Å². The monoisotopic (exact) mass is 536 g/mol. The fourth-order valence-corrected chi connectivity index (χ4v) is 4.21. The van der Waals surface area contributed by atoms with Crippen molar-refractivity contribution in [1.29, 1.82) is 0 Å². The van der Waals surface area contributed by atoms with Gasteiger partial charge in [0.25, 0.3) is 0 Å². The van der Waals surface area contributed by atoms with E-state index in [9.17, 15) is 10.2 Å². The van der Waals surface area contributed by atoms with Gasteiger partial charge in [0.2, 0.25) is 11.8 Å². The molecule has 2 aromatic carbocycles. The average molecular weight is 538 g/mol. The van der Waals surface area contributed by atoms with Gasteiger partial charge in [0.15, 0.2) is 11.6 Å². The summed E-state index contributed by atoms with van der Waals surface area (Å²) in [5, 5.41) is 28.5. The van der Waals surface area contributed by atoms with Crippen molar-refractivity contribution in [3.63, 3.8) is 0 Å². The minimum atomic E-state index is 0. The SMILES string of the molecule is Oc1ccnn1-c1cccc(-c2ccccc2-c2ccccc2-c2cccc(-n3nccc3O)n2)n1.[Zn]. The van der Waals surface area contributed by atoms with E-state index in [1.54, 1.807) is 12.1 Å². The first-order chi connectivity index (χ1) is 17.7. The Bertz CT molecular complexity index is 1570. The molecule has 0 saturated heterocycles. The molecule has 4 heterocycles. The summed E-state index contributed by atoms with van der Waals surface area (Å²) < 4.78 is 2.78. The Morgan fingerprint density at radius 3 is 1.24 bits per heavy atom. The van der Waals surface area contributed by atoms with Gasteiger partial charge in [-0.25, -0.2) is 9.97 Å². The largest absolute Gasteiger partial charge is 0.493 e. The van der Waals surface area contributed by atoms with E-state index in [0.29, 0.717) is 11.6 Å². The molecule has 0 fully saturated rings. The van der Waals surface area contributed by atoms with Crippen LogP contribution in [-0.2, 0) is 19.5 Å². The zero-order valence-electron chi connectivity index (χ0n) is 19.7. The Balaban J connectivity index is 0.00000280. The van der Waals surface area contributed by atoms with E-state index < -0.39 is 0 Å². The van der Waals surface area contributed by atoms with Gasteiger partial charge in [-0.3, -0.25) is 0 Å². The molecule has 0 aliphatic carbocycles. The fraction of sp³-hybridized carbons (Fsp3) is 0. The van der Waals surface area contributed by atoms with Crippen molar-refractivity contribution in [3.8, 4) is 57.0 Å². The Morgan fingerprint density at radius 2 is 0.865 bits per heavy atom. The molecule has 0 spiro atoms. The van der Waals surface area contributed by atoms with Crippen LogP contribution in [0.5, 0.6) is 11.8 Å². The van der Waals surface area contributed by atoms with E-state index in [4.69, 9.17) is 9.97 Å². The molecule has 0 aliphatic rings. The van der Waals surface area contributed by atoms with Gasteiger partial charge in [0.1, 0.15) is 0 Å². The molecule has 9 heteroatoms. The Morgan fingerprint density at radius 1 is 0.459 bits per heavy atom. The molecule has 6 rings (SSSR count). The number of benzene rings is 2. The third-order valence-corrected chi connectivity index (χ3v) is 5.84. The van der Waals surface area contributed by atoms with Gasteiger partial charge >= 0.3 is 0 Å². The van der Waals surface area contributed by atoms with Gasteiger partial charge in [0, 0.05) is 42.7 Å². The van der Waals surface area contributed by atoms with Gasteiger partial charge in [-0.1, -0.05) is 60.7 Å². The molecule has 6 aromatic rings. The third kappa shape index (κ3) is 4.52. The fourth-order valence-electron chi connectivity index (χ4n) is 4.21. The van der Waals surface area contributed by atoms with Crippen LogP contribution in [0.25, 0.3) is 45.3 Å². The van der Waals surface area contributed by atoms with Crippen LogP contribution < -0.4 is 0 Å². The third-order valence-electron chi connectivity index (χ3n) is 5.84. The van der Waals surface area contributed by atoms with E-state index in [0.717, 1.165) is 33.6 Å². The van der Waals surface area contributed by atoms with Gasteiger partial charge in [0.05, 0.1) is 23.8 Å². The second-order valence-electron chi connectivity index (χ2n) is 8.06. The number of aromatic nitrogens is 6. The van der Waals surface area contributed by atoms with Crippen LogP contribution in [0.15, 0.2) is 109 Å². The second-order valence-corrected chi connectivity index (χ2v) is 8.06. The van der Waals surface area contributed by atoms with E-state index in [1.807, 2.05) is 60.7 Å². The predicted octanol–water partition coefficient (Wildman–Crippen LogP) is 5.26. The minimum absolute atomic E-state index is 0. The second kappa shape index (κ2) is 10.2. The van der Waals surface area contributed by atoms with Crippen LogP contribution in [0.3, 0.4) is 0 Å². The molecule has 0 aliphatic heterocycles. The molecule has 8 nitrogen and oxygen atoms in total. The zero-order valence-corrected chi connectivity index (χ0v) is 22.6. The van der Waals surface area contributed by atoms with Gasteiger partial charge < -0.3 is 10.2 Å². The first-order valence-electron chi connectivity index (χ1n) is 11.3. The standard InChI is InChI=1S/C28H20N6O2.Zn/c35-27-15-17-29-33(27)25-13-5-11-23(31-25)21-9-3-1-7-19(21)20-8-2-4-10-22(20)24-12-6-14-26(32-24)34-28(36)16-18-30-34;/h1-18,35-36H;. The normalized spacial score (nSPS) is 10.7. The smallest absolute Gasteiger partial charge is 0.215 e. The van der Waals surface area contributed by atoms with Crippen LogP contribution in [0, 0.1) is 0 Å². The Kier molecular flexibility index (Phi) is 6.62. The minimum Gasteiger partial charge on any atom is -0.493 e. The summed E-state index contributed by atoms with van der Waals surface area (Å²) in [6, 6.07) is 30.4. The van der Waals surface area contributed by atoms with Crippen molar-refractivity contribution in [2.24, 2.45) is 0 Å². The summed E-state index contributed by atoms with van der Waals surface area (Å²) in [6.07, 6.45) is 3.05. The maximum absolute atomic E-state index is 10.1. The van der Waals surface area contributed by atoms with Crippen molar-refractivity contribution in [2.45, 2.75) is 0 Å². The summed E-state index contributed by atoms with van der Waals surface area (Å²) in [5.74, 6) is 1.08. The van der Waals surface area contributed by atoms with Crippen LogP contribution in [-0.4, -0.2) is 39.7 Å². The van der Waals surface area contributed by atoms with Crippen LogP contribution in [0.2, 0.25) is 0 Å². The van der Waals surface area contributed by atoms with Crippen molar-refractivity contribution in [2.75, 3.05) is 0 Å². The Labute approximate surface area is 225 Å². The maximum atomic E-state index is 10.1. The van der Waals surface area contributed by atoms with E-state index in [2.05, 4.69) is 22.3 Å². The average Bonchev–Trinajstić information content (AvgIpc) is 3.56. The topological polar surface area (TPSA) is 102 Å². The predicted molar refractivity (Wildman–Crippen MR) is 136 cm³/mol. The first-order valence-corrected chi connectivity index (χ1v) is 11.3. The molecule has 0 amide bonds. The molecule has 4 aromatic heterocycles. The van der Waals surface area contributed by atoms with Crippen molar-refractivity contribution in [1.82, 2.24) is 29.5 Å². The summed E-state index contributed by atoms with van der Waals surface area (Å²) in [5.41, 5.74) is 5.32. The molecule has 37 heavy (non-hydrogen) atoms. The summed E-state index contributed by atoms with van der Waals surface area (Å²) in [6.45, 7) is 0. The quantitative estimate of drug-likeness (QED) is 0.291. The number of aromatic hydroxyl groups is 2. The summed E-state index contributed by atoms with van der Waals surface area (Å²) in [7, 11) is 0. The summed E-state index contributed by atoms with van der Waals surface area (Å²) >= 11 is 0. The van der Waals surface area contributed by atoms with Gasteiger partial charge in [-0.05, 0) is 35.4 Å². The van der Waals surface area contributed by atoms with Crippen LogP contribution in [0.4, 0.5) is 0 Å². The number of hydrogen-bond donors (Lipinski definition) is 2. The van der Waals surface area contributed by atoms with E-state index >= 15 is 0 Å². The van der Waals surface area contributed by atoms with Crippen molar-refractivity contribution >= 4 is 0 Å². The van der Waals surface area contributed by atoms with E-state index in [-0.39, 0.29) is 31.2 Å². The van der Waals surface area contributed by atoms with Crippen LogP contribution >= 0.6 is 0 Å². The molecular formula is C28H20N6O2Zn. The van der Waals surface area contributed by atoms with Crippen molar-refractivity contribution in [3.05, 3.63) is 109 Å². The summed E-state index contributed by atoms with van der Waals surface area (Å²) in [4.78, 5) is 9.56. The number of rotatable bonds is 5. The molecule has 176 valence electrons. The molecule has 0 bridgehead atoms. The van der Waals surface area contributed by atoms with Crippen LogP contribution in [0.1, 0.15) is 0 Å². The first kappa shape index (κ1) is 24.1. The number of hydrogen-bond acceptors (Lipinski definition) is 6. The van der Waals surface area contributed by atoms with Gasteiger partial charge in [-0.15, -0.1) is 0 Å². The molecular weight excluding hydrogens is 518 g/mol. The number of pyridine rings is 2. The number of nitrogens with zero attached hydrogens (tertiary/aromatic N) is 6. The van der Waals surface area contributed by atoms with Gasteiger partial charge in [-0.2, -0.15) is 19.6 Å². The molecule has 0 radical (unpaired) electrons. The molecule has 2 N–H and O–H groups in total. The zero-order chi connectivity index (χ0) is 24.5. The maximum Gasteiger partial charge on any atom is 0.215 e. The molecule has 0 saturated carbocycles.